The van der Waals surface area contributed by atoms with Crippen molar-refractivity contribution in [3.05, 3.63) is 65.0 Å². The lowest BCUT2D eigenvalue weighted by Crippen LogP contribution is -2.40. The van der Waals surface area contributed by atoms with Gasteiger partial charge in [0.1, 0.15) is 0 Å². The summed E-state index contributed by atoms with van der Waals surface area (Å²) < 4.78 is 5.50. The molecule has 1 aliphatic heterocycles. The zero-order valence-corrected chi connectivity index (χ0v) is 18.5. The number of amides is 1. The molecule has 0 radical (unpaired) electrons. The zero-order valence-electron chi connectivity index (χ0n) is 18.5. The van der Waals surface area contributed by atoms with Crippen LogP contribution in [-0.2, 0) is 17.8 Å². The summed E-state index contributed by atoms with van der Waals surface area (Å²) in [6, 6.07) is 14.2. The minimum Gasteiger partial charge on any atom is -0.338 e. The summed E-state index contributed by atoms with van der Waals surface area (Å²) in [6.45, 7) is 8.39. The second-order valence-corrected chi connectivity index (χ2v) is 8.41. The molecule has 1 N–H and O–H groups in total. The minimum absolute atomic E-state index is 0.0442. The number of aryl methyl sites for hydroxylation is 3. The van der Waals surface area contributed by atoms with Crippen LogP contribution >= 0.6 is 0 Å². The monoisotopic (exact) mass is 418 g/mol. The molecular weight excluding hydrogens is 388 g/mol. The van der Waals surface area contributed by atoms with Crippen LogP contribution in [0.15, 0.2) is 47.0 Å². The lowest BCUT2D eigenvalue weighted by molar-refractivity contribution is -0.121. The Kier molecular flexibility index (Phi) is 6.47. The molecule has 31 heavy (non-hydrogen) atoms. The van der Waals surface area contributed by atoms with Gasteiger partial charge in [0.05, 0.1) is 12.5 Å². The van der Waals surface area contributed by atoms with Gasteiger partial charge >= 0.3 is 0 Å². The summed E-state index contributed by atoms with van der Waals surface area (Å²) in [5.41, 5.74) is 5.36. The number of hydrogen-bond acceptors (Lipinski definition) is 5. The third kappa shape index (κ3) is 5.02. The number of hydrogen-bond donors (Lipinski definition) is 1. The van der Waals surface area contributed by atoms with Crippen molar-refractivity contribution in [2.75, 3.05) is 18.4 Å². The molecule has 3 aromatic rings. The van der Waals surface area contributed by atoms with E-state index in [2.05, 4.69) is 33.3 Å². The van der Waals surface area contributed by atoms with Gasteiger partial charge in [-0.2, -0.15) is 4.98 Å². The van der Waals surface area contributed by atoms with Crippen molar-refractivity contribution < 1.29 is 9.32 Å². The van der Waals surface area contributed by atoms with E-state index < -0.39 is 0 Å². The smallest absolute Gasteiger partial charge is 0.241 e. The average Bonchev–Trinajstić information content (AvgIpc) is 3.24. The first-order valence-corrected chi connectivity index (χ1v) is 11.0. The van der Waals surface area contributed by atoms with E-state index in [0.717, 1.165) is 48.2 Å². The number of aromatic nitrogens is 2. The van der Waals surface area contributed by atoms with Gasteiger partial charge in [-0.15, -0.1) is 0 Å². The van der Waals surface area contributed by atoms with Gasteiger partial charge in [-0.25, -0.2) is 0 Å². The van der Waals surface area contributed by atoms with Crippen LogP contribution < -0.4 is 5.32 Å². The third-order valence-corrected chi connectivity index (χ3v) is 5.97. The van der Waals surface area contributed by atoms with Crippen LogP contribution in [0.25, 0.3) is 11.4 Å². The maximum Gasteiger partial charge on any atom is 0.241 e. The molecule has 162 valence electrons. The SMILES string of the molecule is CCc1cccc(C)c1NC(=O)C1CCCN(Cc2nc(-c3cccc(C)c3)no2)C1. The first kappa shape index (κ1) is 21.2. The van der Waals surface area contributed by atoms with Gasteiger partial charge in [0.15, 0.2) is 0 Å². The topological polar surface area (TPSA) is 71.3 Å². The highest BCUT2D eigenvalue weighted by atomic mass is 16.5. The number of piperidine rings is 1. The van der Waals surface area contributed by atoms with Crippen LogP contribution in [0.5, 0.6) is 0 Å². The summed E-state index contributed by atoms with van der Waals surface area (Å²) >= 11 is 0. The Bertz CT molecular complexity index is 1060. The molecule has 2 heterocycles. The molecule has 1 aromatic heterocycles. The number of benzene rings is 2. The molecule has 0 saturated carbocycles. The van der Waals surface area contributed by atoms with Gasteiger partial charge in [-0.1, -0.05) is 54.0 Å². The molecule has 0 bridgehead atoms. The molecule has 1 aliphatic rings. The largest absolute Gasteiger partial charge is 0.338 e. The van der Waals surface area contributed by atoms with Crippen LogP contribution in [0.1, 0.15) is 42.3 Å². The average molecular weight is 419 g/mol. The maximum atomic E-state index is 13.0. The Balaban J connectivity index is 1.40. The minimum atomic E-state index is -0.0442. The predicted octanol–water partition coefficient (Wildman–Crippen LogP) is 4.77. The molecule has 2 aromatic carbocycles. The first-order chi connectivity index (χ1) is 15.0. The molecule has 1 fully saturated rings. The molecule has 1 amide bonds. The quantitative estimate of drug-likeness (QED) is 0.625. The molecule has 6 heteroatoms. The Morgan fingerprint density at radius 1 is 1.23 bits per heavy atom. The Hall–Kier alpha value is -2.99. The Morgan fingerprint density at radius 3 is 2.87 bits per heavy atom. The number of nitrogens with one attached hydrogen (secondary N) is 1. The summed E-state index contributed by atoms with van der Waals surface area (Å²) in [7, 11) is 0. The van der Waals surface area contributed by atoms with Crippen LogP contribution in [0, 0.1) is 19.8 Å². The van der Waals surface area contributed by atoms with Gasteiger partial charge in [-0.3, -0.25) is 9.69 Å². The van der Waals surface area contributed by atoms with Crippen LogP contribution in [0.2, 0.25) is 0 Å². The fraction of sp³-hybridized carbons (Fsp3) is 0.400. The molecule has 0 aliphatic carbocycles. The van der Waals surface area contributed by atoms with Crippen LogP contribution in [-0.4, -0.2) is 34.0 Å². The highest BCUT2D eigenvalue weighted by Gasteiger charge is 2.27. The van der Waals surface area contributed by atoms with E-state index in [1.165, 1.54) is 5.56 Å². The van der Waals surface area contributed by atoms with Crippen molar-refractivity contribution in [3.8, 4) is 11.4 Å². The fourth-order valence-corrected chi connectivity index (χ4v) is 4.25. The van der Waals surface area contributed by atoms with E-state index in [4.69, 9.17) is 4.52 Å². The Labute approximate surface area is 183 Å². The van der Waals surface area contributed by atoms with E-state index in [1.807, 2.05) is 50.2 Å². The van der Waals surface area contributed by atoms with Gasteiger partial charge in [0.2, 0.25) is 17.6 Å². The van der Waals surface area contributed by atoms with E-state index in [9.17, 15) is 4.79 Å². The number of anilines is 1. The number of para-hydroxylation sites is 1. The summed E-state index contributed by atoms with van der Waals surface area (Å²) in [5, 5.41) is 7.34. The molecule has 1 atom stereocenters. The second-order valence-electron chi connectivity index (χ2n) is 8.41. The zero-order chi connectivity index (χ0) is 21.8. The van der Waals surface area contributed by atoms with E-state index in [1.54, 1.807) is 0 Å². The van der Waals surface area contributed by atoms with Crippen LogP contribution in [0.4, 0.5) is 5.69 Å². The number of carbonyl (C=O) groups is 1. The van der Waals surface area contributed by atoms with Gasteiger partial charge < -0.3 is 9.84 Å². The number of rotatable bonds is 6. The fourth-order valence-electron chi connectivity index (χ4n) is 4.25. The predicted molar refractivity (Wildman–Crippen MR) is 122 cm³/mol. The summed E-state index contributed by atoms with van der Waals surface area (Å²) in [4.78, 5) is 19.8. The molecule has 1 unspecified atom stereocenters. The second kappa shape index (κ2) is 9.43. The standard InChI is InChI=1S/C25H30N4O2/c1-4-19-10-6-9-18(3)23(19)27-25(30)21-12-7-13-29(15-21)16-22-26-24(28-31-22)20-11-5-8-17(2)14-20/h5-6,8-11,14,21H,4,7,12-13,15-16H2,1-3H3,(H,27,30). The van der Waals surface area contributed by atoms with Crippen molar-refractivity contribution in [1.82, 2.24) is 15.0 Å². The van der Waals surface area contributed by atoms with Crippen molar-refractivity contribution >= 4 is 11.6 Å². The highest BCUT2D eigenvalue weighted by Crippen LogP contribution is 2.25. The number of carbonyl (C=O) groups excluding carboxylic acids is 1. The summed E-state index contributed by atoms with van der Waals surface area (Å²) in [6.07, 6.45) is 2.77. The molecular formula is C25H30N4O2. The van der Waals surface area contributed by atoms with Gasteiger partial charge in [-0.05, 0) is 56.8 Å². The maximum absolute atomic E-state index is 13.0. The van der Waals surface area contributed by atoms with Crippen LogP contribution in [0.3, 0.4) is 0 Å². The lowest BCUT2D eigenvalue weighted by atomic mass is 9.96. The van der Waals surface area contributed by atoms with Gasteiger partial charge in [0, 0.05) is 17.8 Å². The molecule has 1 saturated heterocycles. The van der Waals surface area contributed by atoms with Crippen molar-refractivity contribution in [1.29, 1.82) is 0 Å². The highest BCUT2D eigenvalue weighted by molar-refractivity contribution is 5.94. The molecule has 0 spiro atoms. The van der Waals surface area contributed by atoms with Gasteiger partial charge in [0.25, 0.3) is 0 Å². The molecule has 4 rings (SSSR count). The van der Waals surface area contributed by atoms with Crippen molar-refractivity contribution in [2.24, 2.45) is 5.92 Å². The van der Waals surface area contributed by atoms with Crippen molar-refractivity contribution in [3.63, 3.8) is 0 Å². The van der Waals surface area contributed by atoms with E-state index in [-0.39, 0.29) is 11.8 Å². The first-order valence-electron chi connectivity index (χ1n) is 11.0. The number of nitrogens with zero attached hydrogens (tertiary/aromatic N) is 3. The molecule has 6 nitrogen and oxygen atoms in total. The van der Waals surface area contributed by atoms with E-state index in [0.29, 0.717) is 24.8 Å². The normalized spacial score (nSPS) is 16.9. The lowest BCUT2D eigenvalue weighted by Gasteiger charge is -2.31. The summed E-state index contributed by atoms with van der Waals surface area (Å²) in [5.74, 6) is 1.25. The number of likely N-dealkylation sites (tertiary alicyclic amines) is 1. The Morgan fingerprint density at radius 2 is 2.06 bits per heavy atom. The third-order valence-electron chi connectivity index (χ3n) is 5.97. The van der Waals surface area contributed by atoms with Crippen molar-refractivity contribution in [2.45, 2.75) is 46.6 Å². The van der Waals surface area contributed by atoms with E-state index >= 15 is 0 Å².